The van der Waals surface area contributed by atoms with Gasteiger partial charge in [-0.25, -0.2) is 0 Å². The van der Waals surface area contributed by atoms with Crippen LogP contribution in [0.5, 0.6) is 0 Å². The van der Waals surface area contributed by atoms with Gasteiger partial charge in [-0.1, -0.05) is 65.8 Å². The van der Waals surface area contributed by atoms with Gasteiger partial charge in [-0.15, -0.1) is 0 Å². The van der Waals surface area contributed by atoms with Gasteiger partial charge in [-0.3, -0.25) is 4.79 Å². The molecule has 2 heterocycles. The van der Waals surface area contributed by atoms with E-state index in [1.54, 1.807) is 0 Å². The molecule has 136 valence electrons. The number of aromatic nitrogens is 2. The van der Waals surface area contributed by atoms with E-state index in [1.807, 2.05) is 53.4 Å². The first kappa shape index (κ1) is 16.2. The summed E-state index contributed by atoms with van der Waals surface area (Å²) in [5.74, 6) is 1.61. The highest BCUT2D eigenvalue weighted by Gasteiger charge is 2.53. The summed E-state index contributed by atoms with van der Waals surface area (Å²) < 4.78 is 5.52. The second kappa shape index (κ2) is 6.34. The molecule has 1 amide bonds. The first-order chi connectivity index (χ1) is 13.3. The molecule has 5 nitrogen and oxygen atoms in total. The molecule has 2 fully saturated rings. The standard InChI is InChI=1S/C22H21N3O2/c26-21(22(12-13-22)18-9-5-2-6-10-18)25-14-11-17(15-25)20-23-19(24-27-20)16-7-3-1-4-8-16/h1-10,17H,11-15H2. The van der Waals surface area contributed by atoms with Gasteiger partial charge in [-0.2, -0.15) is 4.98 Å². The van der Waals surface area contributed by atoms with Crippen molar-refractivity contribution in [3.05, 3.63) is 72.1 Å². The molecule has 2 aliphatic rings. The molecular formula is C22H21N3O2. The van der Waals surface area contributed by atoms with Crippen molar-refractivity contribution in [1.82, 2.24) is 15.0 Å². The van der Waals surface area contributed by atoms with Crippen molar-refractivity contribution in [1.29, 1.82) is 0 Å². The van der Waals surface area contributed by atoms with Crippen LogP contribution < -0.4 is 0 Å². The highest BCUT2D eigenvalue weighted by Crippen LogP contribution is 2.50. The van der Waals surface area contributed by atoms with E-state index in [1.165, 1.54) is 0 Å². The number of rotatable bonds is 4. The highest BCUT2D eigenvalue weighted by molar-refractivity contribution is 5.91. The number of carbonyl (C=O) groups excluding carboxylic acids is 1. The van der Waals surface area contributed by atoms with Crippen LogP contribution in [-0.4, -0.2) is 34.0 Å². The number of amides is 1. The zero-order chi connectivity index (χ0) is 18.3. The summed E-state index contributed by atoms with van der Waals surface area (Å²) in [4.78, 5) is 19.8. The summed E-state index contributed by atoms with van der Waals surface area (Å²) in [6, 6.07) is 20.0. The second-order valence-corrected chi connectivity index (χ2v) is 7.51. The summed E-state index contributed by atoms with van der Waals surface area (Å²) in [6.45, 7) is 1.41. The molecule has 1 aromatic heterocycles. The molecule has 1 aliphatic carbocycles. The molecule has 5 heteroatoms. The Kier molecular flexibility index (Phi) is 3.81. The minimum atomic E-state index is -0.305. The number of hydrogen-bond donors (Lipinski definition) is 0. The monoisotopic (exact) mass is 359 g/mol. The summed E-state index contributed by atoms with van der Waals surface area (Å²) in [5, 5.41) is 4.12. The molecule has 3 aromatic rings. The van der Waals surface area contributed by atoms with Gasteiger partial charge >= 0.3 is 0 Å². The quantitative estimate of drug-likeness (QED) is 0.711. The van der Waals surface area contributed by atoms with Crippen molar-refractivity contribution in [2.45, 2.75) is 30.6 Å². The Morgan fingerprint density at radius 3 is 2.44 bits per heavy atom. The van der Waals surface area contributed by atoms with E-state index in [0.29, 0.717) is 18.3 Å². The highest BCUT2D eigenvalue weighted by atomic mass is 16.5. The van der Waals surface area contributed by atoms with Crippen molar-refractivity contribution in [3.8, 4) is 11.4 Å². The number of carbonyl (C=O) groups is 1. The SMILES string of the molecule is O=C(N1CCC(c2nc(-c3ccccc3)no2)C1)C1(c2ccccc2)CC1. The predicted molar refractivity (Wildman–Crippen MR) is 101 cm³/mol. The zero-order valence-electron chi connectivity index (χ0n) is 15.0. The molecular weight excluding hydrogens is 338 g/mol. The Morgan fingerprint density at radius 1 is 1.04 bits per heavy atom. The number of nitrogens with zero attached hydrogens (tertiary/aromatic N) is 3. The van der Waals surface area contributed by atoms with Gasteiger partial charge in [0.25, 0.3) is 0 Å². The maximum atomic E-state index is 13.2. The minimum absolute atomic E-state index is 0.116. The minimum Gasteiger partial charge on any atom is -0.341 e. The van der Waals surface area contributed by atoms with E-state index >= 15 is 0 Å². The Hall–Kier alpha value is -2.95. The third kappa shape index (κ3) is 2.83. The molecule has 5 rings (SSSR count). The second-order valence-electron chi connectivity index (χ2n) is 7.51. The van der Waals surface area contributed by atoms with Crippen LogP contribution in [0.3, 0.4) is 0 Å². The summed E-state index contributed by atoms with van der Waals surface area (Å²) in [5.41, 5.74) is 1.78. The Balaban J connectivity index is 1.31. The van der Waals surface area contributed by atoms with E-state index in [9.17, 15) is 4.79 Å². The fourth-order valence-electron chi connectivity index (χ4n) is 4.06. The van der Waals surface area contributed by atoms with Crippen molar-refractivity contribution >= 4 is 5.91 Å². The lowest BCUT2D eigenvalue weighted by Gasteiger charge is -2.23. The molecule has 0 bridgehead atoms. The molecule has 2 aromatic carbocycles. The van der Waals surface area contributed by atoms with E-state index in [4.69, 9.17) is 4.52 Å². The number of hydrogen-bond acceptors (Lipinski definition) is 4. The molecule has 0 spiro atoms. The average molecular weight is 359 g/mol. The fourth-order valence-corrected chi connectivity index (χ4v) is 4.06. The maximum absolute atomic E-state index is 13.2. The van der Waals surface area contributed by atoms with Crippen LogP contribution in [0.15, 0.2) is 65.2 Å². The van der Waals surface area contributed by atoms with Crippen LogP contribution >= 0.6 is 0 Å². The number of benzene rings is 2. The molecule has 1 atom stereocenters. The van der Waals surface area contributed by atoms with Crippen LogP contribution in [0.1, 0.15) is 36.6 Å². The molecule has 0 N–H and O–H groups in total. The topological polar surface area (TPSA) is 59.2 Å². The normalized spacial score (nSPS) is 20.6. The Morgan fingerprint density at radius 2 is 1.74 bits per heavy atom. The van der Waals surface area contributed by atoms with Crippen molar-refractivity contribution in [2.24, 2.45) is 0 Å². The summed E-state index contributed by atoms with van der Waals surface area (Å²) in [7, 11) is 0. The van der Waals surface area contributed by atoms with Gasteiger partial charge in [0, 0.05) is 18.7 Å². The molecule has 1 saturated heterocycles. The van der Waals surface area contributed by atoms with Crippen molar-refractivity contribution < 1.29 is 9.32 Å². The van der Waals surface area contributed by atoms with E-state index < -0.39 is 0 Å². The lowest BCUT2D eigenvalue weighted by Crippen LogP contribution is -2.37. The van der Waals surface area contributed by atoms with E-state index in [2.05, 4.69) is 22.3 Å². The van der Waals surface area contributed by atoms with E-state index in [-0.39, 0.29) is 17.2 Å². The van der Waals surface area contributed by atoms with E-state index in [0.717, 1.165) is 36.9 Å². The van der Waals surface area contributed by atoms with Crippen LogP contribution in [0.4, 0.5) is 0 Å². The lowest BCUT2D eigenvalue weighted by atomic mass is 9.94. The summed E-state index contributed by atoms with van der Waals surface area (Å²) in [6.07, 6.45) is 2.75. The molecule has 1 unspecified atom stereocenters. The van der Waals surface area contributed by atoms with Gasteiger partial charge in [0.05, 0.1) is 11.3 Å². The van der Waals surface area contributed by atoms with Gasteiger partial charge < -0.3 is 9.42 Å². The zero-order valence-corrected chi connectivity index (χ0v) is 15.0. The van der Waals surface area contributed by atoms with Crippen molar-refractivity contribution in [2.75, 3.05) is 13.1 Å². The average Bonchev–Trinajstić information content (AvgIpc) is 3.15. The molecule has 27 heavy (non-hydrogen) atoms. The summed E-state index contributed by atoms with van der Waals surface area (Å²) >= 11 is 0. The van der Waals surface area contributed by atoms with Crippen LogP contribution in [0, 0.1) is 0 Å². The fraction of sp³-hybridized carbons (Fsp3) is 0.318. The van der Waals surface area contributed by atoms with Gasteiger partial charge in [0.1, 0.15) is 0 Å². The smallest absolute Gasteiger partial charge is 0.233 e. The van der Waals surface area contributed by atoms with Crippen LogP contribution in [0.25, 0.3) is 11.4 Å². The first-order valence-corrected chi connectivity index (χ1v) is 9.50. The molecule has 0 radical (unpaired) electrons. The van der Waals surface area contributed by atoms with Gasteiger partial charge in [0.2, 0.25) is 17.6 Å². The predicted octanol–water partition coefficient (Wildman–Crippen LogP) is 3.78. The Bertz CT molecular complexity index is 948. The third-order valence-electron chi connectivity index (χ3n) is 5.78. The largest absolute Gasteiger partial charge is 0.341 e. The van der Waals surface area contributed by atoms with Crippen LogP contribution in [-0.2, 0) is 10.2 Å². The molecule has 1 saturated carbocycles. The van der Waals surface area contributed by atoms with Crippen molar-refractivity contribution in [3.63, 3.8) is 0 Å². The first-order valence-electron chi connectivity index (χ1n) is 9.50. The van der Waals surface area contributed by atoms with Gasteiger partial charge in [0.15, 0.2) is 0 Å². The third-order valence-corrected chi connectivity index (χ3v) is 5.78. The Labute approximate surface area is 158 Å². The van der Waals surface area contributed by atoms with Crippen LogP contribution in [0.2, 0.25) is 0 Å². The lowest BCUT2D eigenvalue weighted by molar-refractivity contribution is -0.132. The molecule has 1 aliphatic heterocycles. The number of likely N-dealkylation sites (tertiary alicyclic amines) is 1. The van der Waals surface area contributed by atoms with Gasteiger partial charge in [-0.05, 0) is 24.8 Å². The maximum Gasteiger partial charge on any atom is 0.233 e.